The summed E-state index contributed by atoms with van der Waals surface area (Å²) in [6.07, 6.45) is 1.83. The van der Waals surface area contributed by atoms with Gasteiger partial charge in [0.05, 0.1) is 10.9 Å². The molecule has 0 saturated carbocycles. The summed E-state index contributed by atoms with van der Waals surface area (Å²) in [5.41, 5.74) is 1.73. The zero-order valence-electron chi connectivity index (χ0n) is 10.7. The number of benzene rings is 1. The molecule has 5 heteroatoms. The highest BCUT2D eigenvalue weighted by Crippen LogP contribution is 2.27. The Hall–Kier alpha value is -1.20. The second-order valence-corrected chi connectivity index (χ2v) is 5.84. The summed E-state index contributed by atoms with van der Waals surface area (Å²) in [4.78, 5) is 19.8. The van der Waals surface area contributed by atoms with E-state index >= 15 is 0 Å². The van der Waals surface area contributed by atoms with Crippen molar-refractivity contribution in [2.24, 2.45) is 0 Å². The third-order valence-corrected chi connectivity index (χ3v) is 4.14. The fraction of sp³-hybridized carbons (Fsp3) is 0.429. The van der Waals surface area contributed by atoms with E-state index in [2.05, 4.69) is 25.9 Å². The molecule has 0 bridgehead atoms. The molecule has 2 heterocycles. The molecule has 3 rings (SSSR count). The normalized spacial score (nSPS) is 16.9. The van der Waals surface area contributed by atoms with Crippen LogP contribution < -0.4 is 5.56 Å². The number of hydrogen-bond acceptors (Lipinski definition) is 3. The second kappa shape index (κ2) is 5.06. The highest BCUT2D eigenvalue weighted by atomic mass is 79.9. The van der Waals surface area contributed by atoms with Crippen LogP contribution in [0.15, 0.2) is 21.4 Å². The minimum atomic E-state index is -0.0594. The van der Waals surface area contributed by atoms with E-state index in [0.29, 0.717) is 11.3 Å². The standard InChI is InChI=1S/C14H15BrN2O2/c1-8-6-10-12(11(15)7-8)16-13(17-14(10)18)9-2-4-19-5-3-9/h6-7,9H,2-5H2,1H3,(H,16,17,18). The maximum atomic E-state index is 12.2. The van der Waals surface area contributed by atoms with Crippen molar-refractivity contribution in [2.45, 2.75) is 25.7 Å². The van der Waals surface area contributed by atoms with Crippen molar-refractivity contribution >= 4 is 26.8 Å². The highest BCUT2D eigenvalue weighted by Gasteiger charge is 2.19. The first kappa shape index (κ1) is 12.8. The van der Waals surface area contributed by atoms with Gasteiger partial charge < -0.3 is 9.72 Å². The molecule has 0 amide bonds. The van der Waals surface area contributed by atoms with Crippen molar-refractivity contribution in [2.75, 3.05) is 13.2 Å². The molecule has 19 heavy (non-hydrogen) atoms. The van der Waals surface area contributed by atoms with Gasteiger partial charge >= 0.3 is 0 Å². The van der Waals surface area contributed by atoms with Crippen LogP contribution in [0, 0.1) is 6.92 Å². The van der Waals surface area contributed by atoms with Crippen LogP contribution in [0.2, 0.25) is 0 Å². The number of hydrogen-bond donors (Lipinski definition) is 1. The number of nitrogens with one attached hydrogen (secondary N) is 1. The van der Waals surface area contributed by atoms with Crippen molar-refractivity contribution in [1.82, 2.24) is 9.97 Å². The summed E-state index contributed by atoms with van der Waals surface area (Å²) >= 11 is 3.50. The van der Waals surface area contributed by atoms with Gasteiger partial charge in [-0.25, -0.2) is 4.98 Å². The van der Waals surface area contributed by atoms with Gasteiger partial charge in [-0.1, -0.05) is 0 Å². The Morgan fingerprint density at radius 2 is 2.11 bits per heavy atom. The first-order chi connectivity index (χ1) is 9.15. The quantitative estimate of drug-likeness (QED) is 0.878. The van der Waals surface area contributed by atoms with Gasteiger partial charge in [-0.15, -0.1) is 0 Å². The van der Waals surface area contributed by atoms with Crippen LogP contribution in [0.3, 0.4) is 0 Å². The molecule has 1 aliphatic rings. The van der Waals surface area contributed by atoms with Crippen molar-refractivity contribution in [3.63, 3.8) is 0 Å². The third kappa shape index (κ3) is 2.44. The van der Waals surface area contributed by atoms with E-state index in [-0.39, 0.29) is 5.56 Å². The molecule has 0 radical (unpaired) electrons. The Labute approximate surface area is 119 Å². The van der Waals surface area contributed by atoms with Crippen LogP contribution in [0.5, 0.6) is 0 Å². The summed E-state index contributed by atoms with van der Waals surface area (Å²) in [5, 5.41) is 0.641. The van der Waals surface area contributed by atoms with E-state index in [4.69, 9.17) is 4.74 Å². The predicted molar refractivity (Wildman–Crippen MR) is 77.6 cm³/mol. The van der Waals surface area contributed by atoms with Crippen LogP contribution in [-0.4, -0.2) is 23.2 Å². The SMILES string of the molecule is Cc1cc(Br)c2nc(C3CCOCC3)[nH]c(=O)c2c1. The molecule has 0 aliphatic carbocycles. The average Bonchev–Trinajstić information content (AvgIpc) is 2.41. The van der Waals surface area contributed by atoms with Crippen LogP contribution in [0.4, 0.5) is 0 Å². The number of aryl methyl sites for hydroxylation is 1. The summed E-state index contributed by atoms with van der Waals surface area (Å²) in [5.74, 6) is 1.07. The first-order valence-corrected chi connectivity index (χ1v) is 7.22. The topological polar surface area (TPSA) is 55.0 Å². The molecular weight excluding hydrogens is 308 g/mol. The van der Waals surface area contributed by atoms with Gasteiger partial charge in [0, 0.05) is 23.6 Å². The molecule has 100 valence electrons. The molecular formula is C14H15BrN2O2. The molecule has 1 aromatic heterocycles. The largest absolute Gasteiger partial charge is 0.381 e. The number of fused-ring (bicyclic) bond motifs is 1. The number of halogens is 1. The molecule has 0 atom stereocenters. The lowest BCUT2D eigenvalue weighted by Crippen LogP contribution is -2.20. The zero-order chi connectivity index (χ0) is 13.4. The molecule has 1 aliphatic heterocycles. The van der Waals surface area contributed by atoms with Gasteiger partial charge in [0.2, 0.25) is 0 Å². The van der Waals surface area contributed by atoms with Crippen LogP contribution in [-0.2, 0) is 4.74 Å². The Morgan fingerprint density at radius 3 is 2.84 bits per heavy atom. The first-order valence-electron chi connectivity index (χ1n) is 6.43. The van der Waals surface area contributed by atoms with E-state index in [0.717, 1.165) is 47.4 Å². The molecule has 2 aromatic rings. The second-order valence-electron chi connectivity index (χ2n) is 4.98. The van der Waals surface area contributed by atoms with Gasteiger partial charge in [0.1, 0.15) is 5.82 Å². The maximum Gasteiger partial charge on any atom is 0.258 e. The van der Waals surface area contributed by atoms with Gasteiger partial charge in [0.25, 0.3) is 5.56 Å². The number of H-pyrrole nitrogens is 1. The van der Waals surface area contributed by atoms with E-state index in [1.807, 2.05) is 19.1 Å². The number of rotatable bonds is 1. The molecule has 1 fully saturated rings. The minimum absolute atomic E-state index is 0.0594. The summed E-state index contributed by atoms with van der Waals surface area (Å²) in [6.45, 7) is 3.44. The number of nitrogens with zero attached hydrogens (tertiary/aromatic N) is 1. The minimum Gasteiger partial charge on any atom is -0.381 e. The highest BCUT2D eigenvalue weighted by molar-refractivity contribution is 9.10. The van der Waals surface area contributed by atoms with E-state index < -0.39 is 0 Å². The van der Waals surface area contributed by atoms with E-state index in [1.54, 1.807) is 0 Å². The lowest BCUT2D eigenvalue weighted by Gasteiger charge is -2.21. The van der Waals surface area contributed by atoms with Gasteiger partial charge in [-0.3, -0.25) is 4.79 Å². The molecule has 1 aromatic carbocycles. The number of aromatic amines is 1. The summed E-state index contributed by atoms with van der Waals surface area (Å²) in [6, 6.07) is 3.86. The average molecular weight is 323 g/mol. The molecule has 1 saturated heterocycles. The number of aromatic nitrogens is 2. The Morgan fingerprint density at radius 1 is 1.37 bits per heavy atom. The lowest BCUT2D eigenvalue weighted by atomic mass is 9.99. The van der Waals surface area contributed by atoms with Crippen LogP contribution in [0.1, 0.15) is 30.1 Å². The molecule has 4 nitrogen and oxygen atoms in total. The lowest BCUT2D eigenvalue weighted by molar-refractivity contribution is 0.0836. The molecule has 0 spiro atoms. The van der Waals surface area contributed by atoms with Crippen LogP contribution >= 0.6 is 15.9 Å². The van der Waals surface area contributed by atoms with Crippen molar-refractivity contribution in [3.05, 3.63) is 38.3 Å². The zero-order valence-corrected chi connectivity index (χ0v) is 12.3. The number of ether oxygens (including phenoxy) is 1. The maximum absolute atomic E-state index is 12.2. The van der Waals surface area contributed by atoms with Gasteiger partial charge in [-0.05, 0) is 53.4 Å². The van der Waals surface area contributed by atoms with Crippen LogP contribution in [0.25, 0.3) is 10.9 Å². The summed E-state index contributed by atoms with van der Waals surface area (Å²) < 4.78 is 6.23. The summed E-state index contributed by atoms with van der Waals surface area (Å²) in [7, 11) is 0. The van der Waals surface area contributed by atoms with Gasteiger partial charge in [-0.2, -0.15) is 0 Å². The van der Waals surface area contributed by atoms with Crippen molar-refractivity contribution in [3.8, 4) is 0 Å². The Balaban J connectivity index is 2.15. The van der Waals surface area contributed by atoms with Gasteiger partial charge in [0.15, 0.2) is 0 Å². The van der Waals surface area contributed by atoms with E-state index in [1.165, 1.54) is 0 Å². The predicted octanol–water partition coefficient (Wildman–Crippen LogP) is 2.89. The third-order valence-electron chi connectivity index (χ3n) is 3.53. The van der Waals surface area contributed by atoms with E-state index in [9.17, 15) is 4.79 Å². The van der Waals surface area contributed by atoms with Crippen molar-refractivity contribution < 1.29 is 4.74 Å². The molecule has 1 N–H and O–H groups in total. The monoisotopic (exact) mass is 322 g/mol. The molecule has 0 unspecified atom stereocenters. The smallest absolute Gasteiger partial charge is 0.258 e. The Kier molecular flexibility index (Phi) is 3.41. The Bertz CT molecular complexity index is 675. The fourth-order valence-corrected chi connectivity index (χ4v) is 3.18. The van der Waals surface area contributed by atoms with Crippen molar-refractivity contribution in [1.29, 1.82) is 0 Å². The fourth-order valence-electron chi connectivity index (χ4n) is 2.52.